The summed E-state index contributed by atoms with van der Waals surface area (Å²) >= 11 is 6.24. The number of hydrogen-bond donors (Lipinski definition) is 1. The third-order valence-electron chi connectivity index (χ3n) is 4.47. The van der Waals surface area contributed by atoms with Crippen LogP contribution < -0.4 is 10.5 Å². The van der Waals surface area contributed by atoms with Crippen LogP contribution in [0.5, 0.6) is 5.75 Å². The second-order valence-electron chi connectivity index (χ2n) is 6.39. The van der Waals surface area contributed by atoms with Gasteiger partial charge in [0.15, 0.2) is 0 Å². The van der Waals surface area contributed by atoms with Crippen molar-refractivity contribution in [2.24, 2.45) is 5.73 Å². The molecule has 0 radical (unpaired) electrons. The molecule has 2 N–H and O–H groups in total. The third kappa shape index (κ3) is 3.52. The van der Waals surface area contributed by atoms with Gasteiger partial charge in [-0.2, -0.15) is 0 Å². The molecule has 0 aliphatic carbocycles. The number of hydrogen-bond acceptors (Lipinski definition) is 3. The zero-order valence-corrected chi connectivity index (χ0v) is 14.8. The van der Waals surface area contributed by atoms with E-state index < -0.39 is 5.91 Å². The maximum Gasteiger partial charge on any atom is 0.252 e. The van der Waals surface area contributed by atoms with E-state index in [0.717, 1.165) is 21.9 Å². The molecule has 3 aromatic rings. The number of epoxide rings is 1. The van der Waals surface area contributed by atoms with Crippen molar-refractivity contribution in [2.45, 2.75) is 12.5 Å². The van der Waals surface area contributed by atoms with Crippen LogP contribution in [0.25, 0.3) is 10.8 Å². The van der Waals surface area contributed by atoms with Gasteiger partial charge < -0.3 is 15.2 Å². The summed E-state index contributed by atoms with van der Waals surface area (Å²) in [5, 5.41) is 2.78. The van der Waals surface area contributed by atoms with Gasteiger partial charge in [0.05, 0.1) is 12.2 Å². The van der Waals surface area contributed by atoms with Crippen molar-refractivity contribution in [3.05, 3.63) is 76.3 Å². The number of amides is 1. The van der Waals surface area contributed by atoms with Crippen molar-refractivity contribution in [3.63, 3.8) is 0 Å². The van der Waals surface area contributed by atoms with Crippen molar-refractivity contribution in [1.29, 1.82) is 0 Å². The van der Waals surface area contributed by atoms with Gasteiger partial charge in [-0.05, 0) is 28.5 Å². The number of ether oxygens (including phenoxy) is 2. The molecule has 1 atom stereocenters. The molecule has 0 spiro atoms. The van der Waals surface area contributed by atoms with E-state index in [-0.39, 0.29) is 6.10 Å². The van der Waals surface area contributed by atoms with Gasteiger partial charge in [0, 0.05) is 17.0 Å². The van der Waals surface area contributed by atoms with Crippen molar-refractivity contribution >= 4 is 28.3 Å². The molecule has 1 aliphatic heterocycles. The van der Waals surface area contributed by atoms with Crippen molar-refractivity contribution in [2.75, 3.05) is 13.2 Å². The highest BCUT2D eigenvalue weighted by Crippen LogP contribution is 2.32. The van der Waals surface area contributed by atoms with Gasteiger partial charge >= 0.3 is 0 Å². The number of carbonyl (C=O) groups excluding carboxylic acids is 1. The SMILES string of the molecule is NC(=O)c1cc(Cl)cc(Cc2cccc3ccccc23)c1OCC1CO1. The highest BCUT2D eigenvalue weighted by molar-refractivity contribution is 6.31. The van der Waals surface area contributed by atoms with E-state index >= 15 is 0 Å². The monoisotopic (exact) mass is 367 g/mol. The molecule has 4 nitrogen and oxygen atoms in total. The van der Waals surface area contributed by atoms with Crippen LogP contribution in [0, 0.1) is 0 Å². The minimum atomic E-state index is -0.557. The minimum absolute atomic E-state index is 0.0804. The normalized spacial score (nSPS) is 15.8. The molecule has 5 heteroatoms. The van der Waals surface area contributed by atoms with Crippen LogP contribution in [-0.2, 0) is 11.2 Å². The number of nitrogens with two attached hydrogens (primary N) is 1. The van der Waals surface area contributed by atoms with Gasteiger partial charge in [-0.25, -0.2) is 0 Å². The summed E-state index contributed by atoms with van der Waals surface area (Å²) in [6, 6.07) is 17.8. The third-order valence-corrected chi connectivity index (χ3v) is 4.69. The molecule has 0 bridgehead atoms. The van der Waals surface area contributed by atoms with Crippen LogP contribution in [-0.4, -0.2) is 25.2 Å². The summed E-state index contributed by atoms with van der Waals surface area (Å²) in [5.74, 6) is -0.0660. The minimum Gasteiger partial charge on any atom is -0.490 e. The molecule has 1 unspecified atom stereocenters. The Balaban J connectivity index is 1.77. The molecule has 1 fully saturated rings. The Kier molecular flexibility index (Phi) is 4.53. The van der Waals surface area contributed by atoms with E-state index in [4.69, 9.17) is 26.8 Å². The maximum absolute atomic E-state index is 11.9. The highest BCUT2D eigenvalue weighted by Gasteiger charge is 2.25. The van der Waals surface area contributed by atoms with Crippen molar-refractivity contribution in [3.8, 4) is 5.75 Å². The maximum atomic E-state index is 11.9. The zero-order valence-electron chi connectivity index (χ0n) is 14.1. The summed E-state index contributed by atoms with van der Waals surface area (Å²) in [6.45, 7) is 1.07. The smallest absolute Gasteiger partial charge is 0.252 e. The Morgan fingerprint density at radius 3 is 2.69 bits per heavy atom. The van der Waals surface area contributed by atoms with Crippen LogP contribution in [0.2, 0.25) is 5.02 Å². The summed E-state index contributed by atoms with van der Waals surface area (Å²) in [6.07, 6.45) is 0.667. The fraction of sp³-hybridized carbons (Fsp3) is 0.190. The van der Waals surface area contributed by atoms with Crippen LogP contribution in [0.1, 0.15) is 21.5 Å². The first-order chi connectivity index (χ1) is 12.6. The van der Waals surface area contributed by atoms with Crippen LogP contribution in [0.15, 0.2) is 54.6 Å². The molecule has 3 aromatic carbocycles. The zero-order chi connectivity index (χ0) is 18.1. The first-order valence-corrected chi connectivity index (χ1v) is 8.83. The number of benzene rings is 3. The summed E-state index contributed by atoms with van der Waals surface area (Å²) in [5.41, 5.74) is 7.82. The van der Waals surface area contributed by atoms with Crippen molar-refractivity contribution in [1.82, 2.24) is 0 Å². The fourth-order valence-electron chi connectivity index (χ4n) is 3.13. The Morgan fingerprint density at radius 2 is 1.92 bits per heavy atom. The number of halogens is 1. The lowest BCUT2D eigenvalue weighted by Gasteiger charge is -2.16. The van der Waals surface area contributed by atoms with Gasteiger partial charge in [0.2, 0.25) is 0 Å². The molecule has 0 saturated carbocycles. The van der Waals surface area contributed by atoms with E-state index in [1.807, 2.05) is 24.3 Å². The lowest BCUT2D eigenvalue weighted by atomic mass is 9.96. The second kappa shape index (κ2) is 6.98. The number of fused-ring (bicyclic) bond motifs is 1. The van der Waals surface area contributed by atoms with E-state index in [0.29, 0.717) is 36.0 Å². The second-order valence-corrected chi connectivity index (χ2v) is 6.82. The van der Waals surface area contributed by atoms with E-state index in [1.165, 1.54) is 0 Å². The average Bonchev–Trinajstić information content (AvgIpc) is 3.45. The number of rotatable bonds is 6. The molecule has 1 saturated heterocycles. The molecule has 1 aliphatic rings. The van der Waals surface area contributed by atoms with E-state index in [9.17, 15) is 4.79 Å². The van der Waals surface area contributed by atoms with Gasteiger partial charge in [-0.1, -0.05) is 54.1 Å². The van der Waals surface area contributed by atoms with Gasteiger partial charge in [-0.15, -0.1) is 0 Å². The van der Waals surface area contributed by atoms with Gasteiger partial charge in [0.1, 0.15) is 18.5 Å². The van der Waals surface area contributed by atoms with Crippen LogP contribution in [0.3, 0.4) is 0 Å². The largest absolute Gasteiger partial charge is 0.490 e. The van der Waals surface area contributed by atoms with E-state index in [1.54, 1.807) is 6.07 Å². The average molecular weight is 368 g/mol. The number of primary amides is 1. The lowest BCUT2D eigenvalue weighted by Crippen LogP contribution is -2.16. The van der Waals surface area contributed by atoms with Crippen LogP contribution in [0.4, 0.5) is 0 Å². The Hall–Kier alpha value is -2.56. The van der Waals surface area contributed by atoms with E-state index in [2.05, 4.69) is 24.3 Å². The quantitative estimate of drug-likeness (QED) is 0.670. The predicted octanol–water partition coefficient (Wildman–Crippen LogP) is 3.96. The molecular weight excluding hydrogens is 350 g/mol. The fourth-order valence-corrected chi connectivity index (χ4v) is 3.37. The lowest BCUT2D eigenvalue weighted by molar-refractivity contribution is 0.0995. The number of carbonyl (C=O) groups is 1. The Morgan fingerprint density at radius 1 is 1.15 bits per heavy atom. The molecule has 26 heavy (non-hydrogen) atoms. The van der Waals surface area contributed by atoms with Crippen LogP contribution >= 0.6 is 11.6 Å². The summed E-state index contributed by atoms with van der Waals surface area (Å²) < 4.78 is 11.1. The van der Waals surface area contributed by atoms with Gasteiger partial charge in [-0.3, -0.25) is 4.79 Å². The van der Waals surface area contributed by atoms with Gasteiger partial charge in [0.25, 0.3) is 5.91 Å². The first kappa shape index (κ1) is 16.9. The molecule has 0 aromatic heterocycles. The molecular formula is C21H18ClNO3. The Labute approximate surface area is 156 Å². The summed E-state index contributed by atoms with van der Waals surface area (Å²) in [4.78, 5) is 11.9. The molecule has 4 rings (SSSR count). The standard InChI is InChI=1S/C21H18ClNO3/c22-16-9-15(8-14-6-3-5-13-4-1-2-7-18(13)14)20(19(10-16)21(23)24)26-12-17-11-25-17/h1-7,9-10,17H,8,11-12H2,(H2,23,24). The Bertz CT molecular complexity index is 977. The topological polar surface area (TPSA) is 64.9 Å². The molecule has 1 heterocycles. The highest BCUT2D eigenvalue weighted by atomic mass is 35.5. The predicted molar refractivity (Wildman–Crippen MR) is 102 cm³/mol. The first-order valence-electron chi connectivity index (χ1n) is 8.45. The summed E-state index contributed by atoms with van der Waals surface area (Å²) in [7, 11) is 0. The molecule has 132 valence electrons. The van der Waals surface area contributed by atoms with Crippen molar-refractivity contribution < 1.29 is 14.3 Å². The molecule has 1 amide bonds.